The first kappa shape index (κ1) is 11.7. The topological polar surface area (TPSA) is 38.3 Å². The Balaban J connectivity index is 2.52. The normalized spacial score (nSPS) is 10.0. The molecule has 1 aromatic carbocycles. The van der Waals surface area contributed by atoms with Crippen LogP contribution in [0, 0.1) is 0 Å². The van der Waals surface area contributed by atoms with E-state index in [0.717, 1.165) is 11.3 Å². The highest BCUT2D eigenvalue weighted by molar-refractivity contribution is 5.90. The van der Waals surface area contributed by atoms with Crippen molar-refractivity contribution in [2.75, 3.05) is 11.9 Å². The van der Waals surface area contributed by atoms with E-state index < -0.39 is 0 Å². The number of carbonyl (C=O) groups is 1. The largest absolute Gasteiger partial charge is 0.377 e. The van der Waals surface area contributed by atoms with Crippen LogP contribution in [0.4, 0.5) is 5.69 Å². The van der Waals surface area contributed by atoms with Crippen molar-refractivity contribution in [2.45, 2.75) is 26.9 Å². The number of hydrogen-bond acceptors (Lipinski definition) is 2. The van der Waals surface area contributed by atoms with Crippen LogP contribution in [0.25, 0.3) is 0 Å². The highest BCUT2D eigenvalue weighted by Gasteiger charge is 1.98. The SMILES string of the molecule is CCOCc1ccc(NC(=O)CC)cc1. The second-order valence-electron chi connectivity index (χ2n) is 3.24. The van der Waals surface area contributed by atoms with Crippen molar-refractivity contribution < 1.29 is 9.53 Å². The van der Waals surface area contributed by atoms with Gasteiger partial charge in [0.1, 0.15) is 0 Å². The molecule has 0 spiro atoms. The van der Waals surface area contributed by atoms with E-state index in [1.807, 2.05) is 38.1 Å². The molecule has 0 radical (unpaired) electrons. The first-order valence-electron chi connectivity index (χ1n) is 5.22. The van der Waals surface area contributed by atoms with E-state index in [1.54, 1.807) is 0 Å². The number of nitrogens with one attached hydrogen (secondary N) is 1. The zero-order chi connectivity index (χ0) is 11.1. The van der Waals surface area contributed by atoms with Crippen molar-refractivity contribution in [1.82, 2.24) is 0 Å². The van der Waals surface area contributed by atoms with Gasteiger partial charge in [-0.15, -0.1) is 0 Å². The Morgan fingerprint density at radius 1 is 1.27 bits per heavy atom. The average Bonchev–Trinajstić information content (AvgIpc) is 2.28. The molecule has 82 valence electrons. The Kier molecular flexibility index (Phi) is 4.84. The van der Waals surface area contributed by atoms with Gasteiger partial charge in [-0.05, 0) is 24.6 Å². The van der Waals surface area contributed by atoms with Gasteiger partial charge in [0, 0.05) is 18.7 Å². The molecule has 0 aliphatic rings. The molecule has 0 saturated carbocycles. The van der Waals surface area contributed by atoms with Gasteiger partial charge in [0.05, 0.1) is 6.61 Å². The van der Waals surface area contributed by atoms with E-state index in [0.29, 0.717) is 19.6 Å². The van der Waals surface area contributed by atoms with Crippen molar-refractivity contribution in [3.63, 3.8) is 0 Å². The number of ether oxygens (including phenoxy) is 1. The summed E-state index contributed by atoms with van der Waals surface area (Å²) in [5.41, 5.74) is 1.95. The predicted molar refractivity (Wildman–Crippen MR) is 60.7 cm³/mol. The molecule has 0 aliphatic heterocycles. The molecule has 0 fully saturated rings. The third-order valence-corrected chi connectivity index (χ3v) is 2.03. The van der Waals surface area contributed by atoms with Crippen LogP contribution < -0.4 is 5.32 Å². The van der Waals surface area contributed by atoms with Gasteiger partial charge in [0.15, 0.2) is 0 Å². The number of benzene rings is 1. The fourth-order valence-corrected chi connectivity index (χ4v) is 1.15. The van der Waals surface area contributed by atoms with Gasteiger partial charge in [0.2, 0.25) is 5.91 Å². The number of rotatable bonds is 5. The Bertz CT molecular complexity index is 306. The fourth-order valence-electron chi connectivity index (χ4n) is 1.15. The Morgan fingerprint density at radius 3 is 2.47 bits per heavy atom. The molecule has 1 rings (SSSR count). The molecule has 1 aromatic rings. The van der Waals surface area contributed by atoms with E-state index >= 15 is 0 Å². The zero-order valence-electron chi connectivity index (χ0n) is 9.25. The van der Waals surface area contributed by atoms with E-state index in [1.165, 1.54) is 0 Å². The summed E-state index contributed by atoms with van der Waals surface area (Å²) >= 11 is 0. The molecule has 3 heteroatoms. The van der Waals surface area contributed by atoms with Crippen LogP contribution in [0.1, 0.15) is 25.8 Å². The molecule has 15 heavy (non-hydrogen) atoms. The zero-order valence-corrected chi connectivity index (χ0v) is 9.25. The molecular formula is C12H17NO2. The second-order valence-corrected chi connectivity index (χ2v) is 3.24. The Labute approximate surface area is 90.4 Å². The van der Waals surface area contributed by atoms with Crippen molar-refractivity contribution >= 4 is 11.6 Å². The van der Waals surface area contributed by atoms with Crippen LogP contribution in [-0.4, -0.2) is 12.5 Å². The first-order valence-corrected chi connectivity index (χ1v) is 5.22. The maximum Gasteiger partial charge on any atom is 0.224 e. The molecule has 0 atom stereocenters. The number of amides is 1. The van der Waals surface area contributed by atoms with E-state index in [9.17, 15) is 4.79 Å². The van der Waals surface area contributed by atoms with E-state index in [4.69, 9.17) is 4.74 Å². The first-order chi connectivity index (χ1) is 7.26. The maximum atomic E-state index is 11.1. The molecule has 0 bridgehead atoms. The van der Waals surface area contributed by atoms with Crippen LogP contribution in [0.5, 0.6) is 0 Å². The van der Waals surface area contributed by atoms with Crippen LogP contribution in [-0.2, 0) is 16.1 Å². The minimum absolute atomic E-state index is 0.0348. The minimum atomic E-state index is 0.0348. The molecule has 0 aliphatic carbocycles. The standard InChI is InChI=1S/C12H17NO2/c1-3-12(14)13-11-7-5-10(6-8-11)9-15-4-2/h5-8H,3-4,9H2,1-2H3,(H,13,14). The summed E-state index contributed by atoms with van der Waals surface area (Å²) in [6.45, 7) is 5.14. The van der Waals surface area contributed by atoms with Crippen LogP contribution in [0.15, 0.2) is 24.3 Å². The van der Waals surface area contributed by atoms with Gasteiger partial charge in [-0.3, -0.25) is 4.79 Å². The summed E-state index contributed by atoms with van der Waals surface area (Å²) in [5.74, 6) is 0.0348. The quantitative estimate of drug-likeness (QED) is 0.805. The lowest BCUT2D eigenvalue weighted by molar-refractivity contribution is -0.115. The molecule has 0 saturated heterocycles. The van der Waals surface area contributed by atoms with Crippen molar-refractivity contribution in [1.29, 1.82) is 0 Å². The highest BCUT2D eigenvalue weighted by atomic mass is 16.5. The summed E-state index contributed by atoms with van der Waals surface area (Å²) in [7, 11) is 0. The van der Waals surface area contributed by atoms with Crippen molar-refractivity contribution in [2.24, 2.45) is 0 Å². The van der Waals surface area contributed by atoms with E-state index in [2.05, 4.69) is 5.32 Å². The predicted octanol–water partition coefficient (Wildman–Crippen LogP) is 2.57. The number of carbonyl (C=O) groups excluding carboxylic acids is 1. The second kappa shape index (κ2) is 6.19. The molecule has 1 amide bonds. The van der Waals surface area contributed by atoms with Gasteiger partial charge < -0.3 is 10.1 Å². The number of hydrogen-bond donors (Lipinski definition) is 1. The Hall–Kier alpha value is -1.35. The molecular weight excluding hydrogens is 190 g/mol. The average molecular weight is 207 g/mol. The molecule has 3 nitrogen and oxygen atoms in total. The summed E-state index contributed by atoms with van der Waals surface area (Å²) in [6, 6.07) is 7.70. The lowest BCUT2D eigenvalue weighted by Crippen LogP contribution is -2.09. The minimum Gasteiger partial charge on any atom is -0.377 e. The summed E-state index contributed by atoms with van der Waals surface area (Å²) in [5, 5.41) is 2.80. The fraction of sp³-hybridized carbons (Fsp3) is 0.417. The van der Waals surface area contributed by atoms with Crippen LogP contribution >= 0.6 is 0 Å². The maximum absolute atomic E-state index is 11.1. The van der Waals surface area contributed by atoms with Crippen LogP contribution in [0.3, 0.4) is 0 Å². The smallest absolute Gasteiger partial charge is 0.224 e. The molecule has 1 N–H and O–H groups in total. The highest BCUT2D eigenvalue weighted by Crippen LogP contribution is 2.10. The molecule has 0 heterocycles. The summed E-state index contributed by atoms with van der Waals surface area (Å²) in [4.78, 5) is 11.1. The lowest BCUT2D eigenvalue weighted by Gasteiger charge is -2.05. The summed E-state index contributed by atoms with van der Waals surface area (Å²) < 4.78 is 5.27. The molecule has 0 unspecified atom stereocenters. The Morgan fingerprint density at radius 2 is 1.93 bits per heavy atom. The van der Waals surface area contributed by atoms with Gasteiger partial charge in [0.25, 0.3) is 0 Å². The van der Waals surface area contributed by atoms with Gasteiger partial charge >= 0.3 is 0 Å². The van der Waals surface area contributed by atoms with Crippen molar-refractivity contribution in [3.05, 3.63) is 29.8 Å². The lowest BCUT2D eigenvalue weighted by atomic mass is 10.2. The third-order valence-electron chi connectivity index (χ3n) is 2.03. The molecule has 0 aromatic heterocycles. The third kappa shape index (κ3) is 4.13. The van der Waals surface area contributed by atoms with Crippen LogP contribution in [0.2, 0.25) is 0 Å². The van der Waals surface area contributed by atoms with Gasteiger partial charge in [-0.2, -0.15) is 0 Å². The monoisotopic (exact) mass is 207 g/mol. The van der Waals surface area contributed by atoms with Crippen molar-refractivity contribution in [3.8, 4) is 0 Å². The number of anilines is 1. The van der Waals surface area contributed by atoms with E-state index in [-0.39, 0.29) is 5.91 Å². The van der Waals surface area contributed by atoms with Gasteiger partial charge in [-0.25, -0.2) is 0 Å². The summed E-state index contributed by atoms with van der Waals surface area (Å²) in [6.07, 6.45) is 0.501. The van der Waals surface area contributed by atoms with Gasteiger partial charge in [-0.1, -0.05) is 19.1 Å².